The predicted molar refractivity (Wildman–Crippen MR) is 74.2 cm³/mol. The maximum Gasteiger partial charge on any atom is 0.154 e. The molecule has 0 aliphatic carbocycles. The van der Waals surface area contributed by atoms with Crippen molar-refractivity contribution in [2.24, 2.45) is 0 Å². The Kier molecular flexibility index (Phi) is 4.58. The Morgan fingerprint density at radius 1 is 1.42 bits per heavy atom. The molecule has 1 aromatic carbocycles. The Labute approximate surface area is 114 Å². The van der Waals surface area contributed by atoms with Crippen LogP contribution in [0.15, 0.2) is 24.3 Å². The van der Waals surface area contributed by atoms with Crippen molar-refractivity contribution in [3.63, 3.8) is 0 Å². The lowest BCUT2D eigenvalue weighted by molar-refractivity contribution is 0.479. The molecule has 1 fully saturated rings. The number of hydrogen-bond donors (Lipinski definition) is 1. The first-order valence-corrected chi connectivity index (χ1v) is 8.45. The highest BCUT2D eigenvalue weighted by Gasteiger charge is 2.31. The van der Waals surface area contributed by atoms with Gasteiger partial charge in [-0.15, -0.1) is 0 Å². The summed E-state index contributed by atoms with van der Waals surface area (Å²) in [4.78, 5) is 0. The zero-order chi connectivity index (χ0) is 13.9. The van der Waals surface area contributed by atoms with E-state index in [0.29, 0.717) is 18.5 Å². The standard InChI is InChI=1S/C14H20FNO2S/c1-2-14(12-7-3-4-8-13(12)15)16-10-11-6-5-9-19(11,17)18/h3-4,7-8,11,14,16H,2,5-6,9-10H2,1H3. The SMILES string of the molecule is CCC(NCC1CCCS1(=O)=O)c1ccccc1F. The second-order valence-electron chi connectivity index (χ2n) is 5.02. The van der Waals surface area contributed by atoms with E-state index in [-0.39, 0.29) is 22.9 Å². The normalized spacial score (nSPS) is 23.4. The molecule has 0 bridgehead atoms. The topological polar surface area (TPSA) is 46.2 Å². The van der Waals surface area contributed by atoms with Crippen molar-refractivity contribution in [2.75, 3.05) is 12.3 Å². The monoisotopic (exact) mass is 285 g/mol. The predicted octanol–water partition coefficient (Wildman–Crippen LogP) is 2.44. The Morgan fingerprint density at radius 3 is 2.74 bits per heavy atom. The third kappa shape index (κ3) is 3.34. The zero-order valence-electron chi connectivity index (χ0n) is 11.1. The second-order valence-corrected chi connectivity index (χ2v) is 7.42. The molecule has 0 radical (unpaired) electrons. The molecule has 1 aliphatic rings. The fourth-order valence-electron chi connectivity index (χ4n) is 2.59. The minimum atomic E-state index is -2.94. The van der Waals surface area contributed by atoms with Gasteiger partial charge in [0.25, 0.3) is 0 Å². The Hall–Kier alpha value is -0.940. The maximum atomic E-state index is 13.7. The van der Waals surface area contributed by atoms with Crippen LogP contribution in [0.25, 0.3) is 0 Å². The molecule has 1 saturated heterocycles. The summed E-state index contributed by atoms with van der Waals surface area (Å²) < 4.78 is 37.2. The van der Waals surface area contributed by atoms with Gasteiger partial charge in [0.15, 0.2) is 9.84 Å². The Morgan fingerprint density at radius 2 is 2.16 bits per heavy atom. The van der Waals surface area contributed by atoms with Crippen molar-refractivity contribution >= 4 is 9.84 Å². The van der Waals surface area contributed by atoms with Crippen LogP contribution in [-0.4, -0.2) is 26.0 Å². The van der Waals surface area contributed by atoms with E-state index >= 15 is 0 Å². The van der Waals surface area contributed by atoms with Gasteiger partial charge in [0, 0.05) is 18.2 Å². The number of sulfone groups is 1. The van der Waals surface area contributed by atoms with Crippen molar-refractivity contribution in [2.45, 2.75) is 37.5 Å². The number of halogens is 1. The van der Waals surface area contributed by atoms with Gasteiger partial charge in [0.1, 0.15) is 5.82 Å². The van der Waals surface area contributed by atoms with Crippen molar-refractivity contribution in [3.05, 3.63) is 35.6 Å². The lowest BCUT2D eigenvalue weighted by atomic mass is 10.0. The van der Waals surface area contributed by atoms with Crippen LogP contribution in [0.4, 0.5) is 4.39 Å². The highest BCUT2D eigenvalue weighted by molar-refractivity contribution is 7.92. The van der Waals surface area contributed by atoms with Crippen LogP contribution in [0, 0.1) is 5.82 Å². The van der Waals surface area contributed by atoms with Gasteiger partial charge in [-0.05, 0) is 25.3 Å². The first-order valence-electron chi connectivity index (χ1n) is 6.74. The van der Waals surface area contributed by atoms with E-state index in [2.05, 4.69) is 5.32 Å². The molecule has 3 nitrogen and oxygen atoms in total. The Bertz CT molecular complexity index is 530. The van der Waals surface area contributed by atoms with E-state index in [1.165, 1.54) is 6.07 Å². The van der Waals surface area contributed by atoms with Gasteiger partial charge in [-0.1, -0.05) is 25.1 Å². The minimum Gasteiger partial charge on any atom is -0.309 e. The molecule has 1 N–H and O–H groups in total. The van der Waals surface area contributed by atoms with Crippen LogP contribution in [0.5, 0.6) is 0 Å². The molecule has 0 spiro atoms. The first kappa shape index (κ1) is 14.5. The van der Waals surface area contributed by atoms with Crippen LogP contribution in [0.3, 0.4) is 0 Å². The molecule has 5 heteroatoms. The summed E-state index contributed by atoms with van der Waals surface area (Å²) in [5.41, 5.74) is 0.611. The smallest absolute Gasteiger partial charge is 0.154 e. The third-order valence-corrected chi connectivity index (χ3v) is 6.02. The average molecular weight is 285 g/mol. The molecule has 0 aromatic heterocycles. The molecule has 0 saturated carbocycles. The summed E-state index contributed by atoms with van der Waals surface area (Å²) >= 11 is 0. The van der Waals surface area contributed by atoms with Crippen LogP contribution >= 0.6 is 0 Å². The summed E-state index contributed by atoms with van der Waals surface area (Å²) in [6.07, 6.45) is 2.18. The van der Waals surface area contributed by atoms with E-state index < -0.39 is 9.84 Å². The quantitative estimate of drug-likeness (QED) is 0.904. The van der Waals surface area contributed by atoms with Gasteiger partial charge < -0.3 is 5.32 Å². The zero-order valence-corrected chi connectivity index (χ0v) is 11.9. The van der Waals surface area contributed by atoms with Crippen molar-refractivity contribution in [3.8, 4) is 0 Å². The fourth-order valence-corrected chi connectivity index (χ4v) is 4.37. The first-order chi connectivity index (χ1) is 9.04. The van der Waals surface area contributed by atoms with E-state index in [1.807, 2.05) is 6.92 Å². The van der Waals surface area contributed by atoms with Crippen molar-refractivity contribution in [1.82, 2.24) is 5.32 Å². The molecule has 19 heavy (non-hydrogen) atoms. The molecule has 1 heterocycles. The molecular weight excluding hydrogens is 265 g/mol. The second kappa shape index (κ2) is 6.01. The van der Waals surface area contributed by atoms with Crippen LogP contribution in [-0.2, 0) is 9.84 Å². The average Bonchev–Trinajstić information content (AvgIpc) is 2.71. The Balaban J connectivity index is 2.03. The molecule has 106 valence electrons. The number of rotatable bonds is 5. The maximum absolute atomic E-state index is 13.7. The lowest BCUT2D eigenvalue weighted by Crippen LogP contribution is -2.33. The van der Waals surface area contributed by atoms with Crippen LogP contribution < -0.4 is 5.32 Å². The molecular formula is C14H20FNO2S. The molecule has 1 aliphatic heterocycles. The largest absolute Gasteiger partial charge is 0.309 e. The lowest BCUT2D eigenvalue weighted by Gasteiger charge is -2.20. The van der Waals surface area contributed by atoms with E-state index in [4.69, 9.17) is 0 Å². The van der Waals surface area contributed by atoms with Crippen molar-refractivity contribution < 1.29 is 12.8 Å². The molecule has 0 amide bonds. The van der Waals surface area contributed by atoms with E-state index in [1.54, 1.807) is 18.2 Å². The summed E-state index contributed by atoms with van der Waals surface area (Å²) in [6.45, 7) is 2.38. The summed E-state index contributed by atoms with van der Waals surface area (Å²) in [6, 6.07) is 6.52. The highest BCUT2D eigenvalue weighted by Crippen LogP contribution is 2.23. The van der Waals surface area contributed by atoms with Gasteiger partial charge in [0.05, 0.1) is 11.0 Å². The van der Waals surface area contributed by atoms with Gasteiger partial charge in [0.2, 0.25) is 0 Å². The third-order valence-electron chi connectivity index (χ3n) is 3.74. The van der Waals surface area contributed by atoms with Gasteiger partial charge in [-0.2, -0.15) is 0 Å². The summed E-state index contributed by atoms with van der Waals surface area (Å²) in [7, 11) is -2.94. The molecule has 2 unspecified atom stereocenters. The number of hydrogen-bond acceptors (Lipinski definition) is 3. The minimum absolute atomic E-state index is 0.128. The summed E-state index contributed by atoms with van der Waals surface area (Å²) in [5.74, 6) is 0.0478. The van der Waals surface area contributed by atoms with Crippen LogP contribution in [0.1, 0.15) is 37.8 Å². The van der Waals surface area contributed by atoms with E-state index in [0.717, 1.165) is 12.8 Å². The van der Waals surface area contributed by atoms with Gasteiger partial charge in [-0.25, -0.2) is 12.8 Å². The van der Waals surface area contributed by atoms with E-state index in [9.17, 15) is 12.8 Å². The molecule has 2 rings (SSSR count). The van der Waals surface area contributed by atoms with Gasteiger partial charge >= 0.3 is 0 Å². The molecule has 1 aromatic rings. The number of nitrogens with one attached hydrogen (secondary N) is 1. The fraction of sp³-hybridized carbons (Fsp3) is 0.571. The van der Waals surface area contributed by atoms with Crippen LogP contribution in [0.2, 0.25) is 0 Å². The van der Waals surface area contributed by atoms with Crippen molar-refractivity contribution in [1.29, 1.82) is 0 Å². The highest BCUT2D eigenvalue weighted by atomic mass is 32.2. The number of benzene rings is 1. The summed E-state index contributed by atoms with van der Waals surface area (Å²) in [5, 5.41) is 2.89. The van der Waals surface area contributed by atoms with Gasteiger partial charge in [-0.3, -0.25) is 0 Å². The molecule has 2 atom stereocenters.